The van der Waals surface area contributed by atoms with Gasteiger partial charge >= 0.3 is 0 Å². The maximum atomic E-state index is 12.1. The molecule has 0 fully saturated rings. The summed E-state index contributed by atoms with van der Waals surface area (Å²) in [5, 5.41) is 4.13. The van der Waals surface area contributed by atoms with Gasteiger partial charge in [-0.05, 0) is 44.5 Å². The first-order valence-electron chi connectivity index (χ1n) is 8.55. The number of nitrogens with one attached hydrogen (secondary N) is 1. The molecular weight excluding hydrogens is 308 g/mol. The number of hydrogen-bond acceptors (Lipinski definition) is 1. The molecule has 0 unspecified atom stereocenters. The van der Waals surface area contributed by atoms with Crippen molar-refractivity contribution < 1.29 is 4.79 Å². The Morgan fingerprint density at radius 2 is 1.72 bits per heavy atom. The Balaban J connectivity index is 1.94. The van der Waals surface area contributed by atoms with E-state index in [1.165, 1.54) is 16.5 Å². The summed E-state index contributed by atoms with van der Waals surface area (Å²) in [6.07, 6.45) is 3.50. The summed E-state index contributed by atoms with van der Waals surface area (Å²) in [5.74, 6) is -0.0796. The van der Waals surface area contributed by atoms with Crippen LogP contribution in [0.15, 0.2) is 66.7 Å². The van der Waals surface area contributed by atoms with Crippen LogP contribution in [-0.4, -0.2) is 16.0 Å². The number of nitrogens with zero attached hydrogens (tertiary/aromatic N) is 1. The third-order valence-corrected chi connectivity index (χ3v) is 3.93. The van der Waals surface area contributed by atoms with Crippen molar-refractivity contribution in [3.63, 3.8) is 0 Å². The van der Waals surface area contributed by atoms with E-state index in [-0.39, 0.29) is 11.4 Å². The Labute approximate surface area is 149 Å². The molecule has 0 aliphatic carbocycles. The Hall–Kier alpha value is -2.81. The average molecular weight is 332 g/mol. The number of para-hydroxylation sites is 1. The van der Waals surface area contributed by atoms with E-state index < -0.39 is 0 Å². The zero-order valence-corrected chi connectivity index (χ0v) is 15.0. The van der Waals surface area contributed by atoms with E-state index in [2.05, 4.69) is 40.2 Å². The van der Waals surface area contributed by atoms with Crippen LogP contribution < -0.4 is 5.32 Å². The highest BCUT2D eigenvalue weighted by molar-refractivity contribution is 5.93. The monoisotopic (exact) mass is 332 g/mol. The molecule has 1 aromatic heterocycles. The zero-order chi connectivity index (χ0) is 17.9. The van der Waals surface area contributed by atoms with Gasteiger partial charge in [0.15, 0.2) is 0 Å². The van der Waals surface area contributed by atoms with Gasteiger partial charge in [-0.25, -0.2) is 0 Å². The standard InChI is InChI=1S/C22H24N2O/c1-22(2,3)23-21(25)14-13-19-15-18-11-7-8-12-20(18)24(19)16-17-9-5-4-6-10-17/h4-15H,16H2,1-3H3,(H,23,25). The molecule has 0 radical (unpaired) electrons. The summed E-state index contributed by atoms with van der Waals surface area (Å²) in [7, 11) is 0. The van der Waals surface area contributed by atoms with Gasteiger partial charge in [-0.3, -0.25) is 4.79 Å². The van der Waals surface area contributed by atoms with Crippen LogP contribution in [0.1, 0.15) is 32.0 Å². The summed E-state index contributed by atoms with van der Waals surface area (Å²) in [4.78, 5) is 12.1. The van der Waals surface area contributed by atoms with E-state index in [4.69, 9.17) is 0 Å². The van der Waals surface area contributed by atoms with Crippen LogP contribution in [0, 0.1) is 0 Å². The van der Waals surface area contributed by atoms with Crippen LogP contribution in [0.25, 0.3) is 17.0 Å². The minimum absolute atomic E-state index is 0.0796. The fraction of sp³-hybridized carbons (Fsp3) is 0.227. The molecule has 3 heteroatoms. The van der Waals surface area contributed by atoms with E-state index in [0.29, 0.717) is 0 Å². The third-order valence-electron chi connectivity index (χ3n) is 3.93. The van der Waals surface area contributed by atoms with Crippen LogP contribution in [0.3, 0.4) is 0 Å². The van der Waals surface area contributed by atoms with Gasteiger partial charge in [0, 0.05) is 34.8 Å². The van der Waals surface area contributed by atoms with Crippen molar-refractivity contribution in [2.75, 3.05) is 0 Å². The van der Waals surface area contributed by atoms with Crippen LogP contribution >= 0.6 is 0 Å². The SMILES string of the molecule is CC(C)(C)NC(=O)C=Cc1cc2ccccc2n1Cc1ccccc1. The minimum Gasteiger partial charge on any atom is -0.348 e. The minimum atomic E-state index is -0.238. The van der Waals surface area contributed by atoms with Gasteiger partial charge in [0.2, 0.25) is 5.91 Å². The van der Waals surface area contributed by atoms with Crippen LogP contribution in [0.5, 0.6) is 0 Å². The maximum absolute atomic E-state index is 12.1. The Kier molecular flexibility index (Phi) is 4.75. The number of benzene rings is 2. The second-order valence-corrected chi connectivity index (χ2v) is 7.27. The number of hydrogen-bond donors (Lipinski definition) is 1. The number of carbonyl (C=O) groups is 1. The van der Waals surface area contributed by atoms with Gasteiger partial charge in [-0.15, -0.1) is 0 Å². The summed E-state index contributed by atoms with van der Waals surface area (Å²) < 4.78 is 2.24. The molecule has 1 amide bonds. The van der Waals surface area contributed by atoms with Gasteiger partial charge in [0.1, 0.15) is 0 Å². The van der Waals surface area contributed by atoms with Crippen molar-refractivity contribution in [2.24, 2.45) is 0 Å². The third kappa shape index (κ3) is 4.38. The van der Waals surface area contributed by atoms with Gasteiger partial charge in [0.05, 0.1) is 0 Å². The lowest BCUT2D eigenvalue weighted by Crippen LogP contribution is -2.39. The lowest BCUT2D eigenvalue weighted by molar-refractivity contribution is -0.117. The second kappa shape index (κ2) is 6.98. The quantitative estimate of drug-likeness (QED) is 0.695. The molecule has 3 nitrogen and oxygen atoms in total. The zero-order valence-electron chi connectivity index (χ0n) is 15.0. The van der Waals surface area contributed by atoms with Gasteiger partial charge in [0.25, 0.3) is 0 Å². The molecular formula is C22H24N2O. The Morgan fingerprint density at radius 1 is 1.04 bits per heavy atom. The number of carbonyl (C=O) groups excluding carboxylic acids is 1. The summed E-state index contributed by atoms with van der Waals surface area (Å²) >= 11 is 0. The van der Waals surface area contributed by atoms with Gasteiger partial charge < -0.3 is 9.88 Å². The number of aromatic nitrogens is 1. The molecule has 0 aliphatic heterocycles. The summed E-state index contributed by atoms with van der Waals surface area (Å²) in [6.45, 7) is 6.70. The predicted molar refractivity (Wildman–Crippen MR) is 104 cm³/mol. The van der Waals surface area contributed by atoms with E-state index >= 15 is 0 Å². The molecule has 0 atom stereocenters. The number of fused-ring (bicyclic) bond motifs is 1. The lowest BCUT2D eigenvalue weighted by Gasteiger charge is -2.19. The molecule has 3 aromatic rings. The largest absolute Gasteiger partial charge is 0.348 e. The van der Waals surface area contributed by atoms with Crippen molar-refractivity contribution in [3.05, 3.63) is 78.0 Å². The molecule has 2 aromatic carbocycles. The van der Waals surface area contributed by atoms with Crippen LogP contribution in [0.2, 0.25) is 0 Å². The van der Waals surface area contributed by atoms with Crippen molar-refractivity contribution in [2.45, 2.75) is 32.9 Å². The second-order valence-electron chi connectivity index (χ2n) is 7.27. The summed E-state index contributed by atoms with van der Waals surface area (Å²) in [6, 6.07) is 20.8. The topological polar surface area (TPSA) is 34.0 Å². The molecule has 0 saturated carbocycles. The predicted octanol–water partition coefficient (Wildman–Crippen LogP) is 4.62. The summed E-state index contributed by atoms with van der Waals surface area (Å²) in [5.41, 5.74) is 3.19. The smallest absolute Gasteiger partial charge is 0.244 e. The van der Waals surface area contributed by atoms with Crippen molar-refractivity contribution in [1.29, 1.82) is 0 Å². The Morgan fingerprint density at radius 3 is 2.44 bits per heavy atom. The van der Waals surface area contributed by atoms with E-state index in [1.807, 2.05) is 57.2 Å². The average Bonchev–Trinajstić information content (AvgIpc) is 2.90. The van der Waals surface area contributed by atoms with Crippen LogP contribution in [0.4, 0.5) is 0 Å². The highest BCUT2D eigenvalue weighted by atomic mass is 16.1. The lowest BCUT2D eigenvalue weighted by atomic mass is 10.1. The van der Waals surface area contributed by atoms with E-state index in [9.17, 15) is 4.79 Å². The normalized spacial score (nSPS) is 12.0. The molecule has 0 spiro atoms. The molecule has 25 heavy (non-hydrogen) atoms. The van der Waals surface area contributed by atoms with Crippen molar-refractivity contribution in [3.8, 4) is 0 Å². The number of amides is 1. The van der Waals surface area contributed by atoms with Crippen LogP contribution in [-0.2, 0) is 11.3 Å². The number of rotatable bonds is 4. The first-order chi connectivity index (χ1) is 11.9. The molecule has 1 N–H and O–H groups in total. The highest BCUT2D eigenvalue weighted by Gasteiger charge is 2.12. The molecule has 0 saturated heterocycles. The molecule has 1 heterocycles. The molecule has 0 bridgehead atoms. The van der Waals surface area contributed by atoms with E-state index in [1.54, 1.807) is 6.08 Å². The molecule has 128 valence electrons. The molecule has 0 aliphatic rings. The first kappa shape index (κ1) is 17.0. The highest BCUT2D eigenvalue weighted by Crippen LogP contribution is 2.22. The van der Waals surface area contributed by atoms with Crippen molar-refractivity contribution in [1.82, 2.24) is 9.88 Å². The maximum Gasteiger partial charge on any atom is 0.244 e. The fourth-order valence-electron chi connectivity index (χ4n) is 2.88. The first-order valence-corrected chi connectivity index (χ1v) is 8.55. The molecule has 3 rings (SSSR count). The van der Waals surface area contributed by atoms with Gasteiger partial charge in [-0.1, -0.05) is 48.5 Å². The fourth-order valence-corrected chi connectivity index (χ4v) is 2.88. The Bertz CT molecular complexity index is 899. The van der Waals surface area contributed by atoms with Gasteiger partial charge in [-0.2, -0.15) is 0 Å². The van der Waals surface area contributed by atoms with Crippen molar-refractivity contribution >= 4 is 22.9 Å². The van der Waals surface area contributed by atoms with E-state index in [0.717, 1.165) is 12.2 Å².